The maximum atomic E-state index is 11.3. The Hall–Kier alpha value is -2.94. The number of aliphatic carboxylic acids is 4. The van der Waals surface area contributed by atoms with Gasteiger partial charge in [0, 0.05) is 22.6 Å². The molecule has 0 aromatic carbocycles. The van der Waals surface area contributed by atoms with Gasteiger partial charge in [0.2, 0.25) is 0 Å². The summed E-state index contributed by atoms with van der Waals surface area (Å²) in [6.45, 7) is 4.07. The van der Waals surface area contributed by atoms with Gasteiger partial charge in [-0.1, -0.05) is 38.5 Å². The quantitative estimate of drug-likeness (QED) is 0.278. The number of rotatable bonds is 10. The topological polar surface area (TPSA) is 169 Å². The molecule has 0 aromatic heterocycles. The third-order valence-electron chi connectivity index (χ3n) is 3.25. The molecular weight excluding hydrogens is 360 g/mol. The van der Waals surface area contributed by atoms with Crippen LogP contribution >= 0.6 is 0 Å². The third kappa shape index (κ3) is 13.0. The molecule has 27 heavy (non-hydrogen) atoms. The summed E-state index contributed by atoms with van der Waals surface area (Å²) in [5, 5.41) is 42.1. The van der Waals surface area contributed by atoms with Crippen LogP contribution < -0.4 is 0 Å². The molecular formula is C18H26O9. The molecule has 0 aliphatic heterocycles. The van der Waals surface area contributed by atoms with Crippen molar-refractivity contribution in [3.05, 3.63) is 34.9 Å². The van der Waals surface area contributed by atoms with Crippen LogP contribution in [0.25, 0.3) is 0 Å². The maximum Gasteiger partial charge on any atom is 0.332 e. The first-order valence-electron chi connectivity index (χ1n) is 8.09. The molecule has 0 saturated heterocycles. The first kappa shape index (κ1) is 26.3. The summed E-state index contributed by atoms with van der Waals surface area (Å²) in [7, 11) is 0. The molecule has 0 saturated carbocycles. The first-order valence-corrected chi connectivity index (χ1v) is 8.09. The molecule has 9 nitrogen and oxygen atoms in total. The summed E-state index contributed by atoms with van der Waals surface area (Å²) in [6, 6.07) is 0. The minimum atomic E-state index is -1.21. The van der Waals surface area contributed by atoms with Crippen LogP contribution in [0.3, 0.4) is 0 Å². The van der Waals surface area contributed by atoms with Gasteiger partial charge in [0.25, 0.3) is 0 Å². The highest BCUT2D eigenvalue weighted by atomic mass is 16.4. The van der Waals surface area contributed by atoms with Gasteiger partial charge in [0.15, 0.2) is 0 Å². The van der Waals surface area contributed by atoms with E-state index in [0.717, 1.165) is 6.42 Å². The smallest absolute Gasteiger partial charge is 0.332 e. The molecule has 1 atom stereocenters. The van der Waals surface area contributed by atoms with E-state index in [1.165, 1.54) is 25.2 Å². The molecule has 1 unspecified atom stereocenters. The molecule has 9 heteroatoms. The number of hydrogen-bond donors (Lipinski definition) is 5. The summed E-state index contributed by atoms with van der Waals surface area (Å²) in [5.74, 6) is -5.25. The Morgan fingerprint density at radius 3 is 1.78 bits per heavy atom. The van der Waals surface area contributed by atoms with E-state index in [0.29, 0.717) is 12.8 Å². The maximum absolute atomic E-state index is 11.3. The van der Waals surface area contributed by atoms with Crippen LogP contribution in [0, 0.1) is 5.92 Å². The lowest BCUT2D eigenvalue weighted by Gasteiger charge is -2.08. The second-order valence-electron chi connectivity index (χ2n) is 5.52. The number of carboxylic acid groups (broad SMARTS) is 4. The summed E-state index contributed by atoms with van der Waals surface area (Å²) in [4.78, 5) is 42.3. The molecule has 0 aromatic rings. The first-order chi connectivity index (χ1) is 12.5. The van der Waals surface area contributed by atoms with E-state index in [1.54, 1.807) is 6.92 Å². The van der Waals surface area contributed by atoms with Crippen LogP contribution in [0.4, 0.5) is 0 Å². The average Bonchev–Trinajstić information content (AvgIpc) is 2.57. The average molecular weight is 386 g/mol. The summed E-state index contributed by atoms with van der Waals surface area (Å²) in [6.07, 6.45) is 5.72. The van der Waals surface area contributed by atoms with Crippen molar-refractivity contribution < 1.29 is 44.7 Å². The Labute approximate surface area is 156 Å². The van der Waals surface area contributed by atoms with Crippen LogP contribution in [0.2, 0.25) is 0 Å². The van der Waals surface area contributed by atoms with Crippen molar-refractivity contribution in [2.45, 2.75) is 40.0 Å². The Morgan fingerprint density at radius 1 is 0.926 bits per heavy atom. The number of hydrogen-bond acceptors (Lipinski definition) is 5. The molecule has 0 spiro atoms. The number of allylic oxidation sites excluding steroid dienone is 3. The highest BCUT2D eigenvalue weighted by Gasteiger charge is 2.15. The van der Waals surface area contributed by atoms with E-state index in [9.17, 15) is 19.5 Å². The highest BCUT2D eigenvalue weighted by molar-refractivity contribution is 5.91. The van der Waals surface area contributed by atoms with Gasteiger partial charge in [-0.15, -0.1) is 0 Å². The molecule has 152 valence electrons. The van der Waals surface area contributed by atoms with Gasteiger partial charge in [0.1, 0.15) is 6.61 Å². The van der Waals surface area contributed by atoms with Gasteiger partial charge in [-0.25, -0.2) is 19.2 Å². The predicted molar refractivity (Wildman–Crippen MR) is 96.2 cm³/mol. The normalized spacial score (nSPS) is 13.3. The second kappa shape index (κ2) is 14.3. The molecule has 0 aliphatic carbocycles. The van der Waals surface area contributed by atoms with Crippen molar-refractivity contribution in [1.29, 1.82) is 0 Å². The fraction of sp³-hybridized carbons (Fsp3) is 0.444. The fourth-order valence-corrected chi connectivity index (χ4v) is 1.77. The minimum Gasteiger partial charge on any atom is -0.480 e. The van der Waals surface area contributed by atoms with Crippen LogP contribution in [-0.2, 0) is 19.2 Å². The lowest BCUT2D eigenvalue weighted by atomic mass is 9.97. The summed E-state index contributed by atoms with van der Waals surface area (Å²) >= 11 is 0. The van der Waals surface area contributed by atoms with Gasteiger partial charge in [-0.3, -0.25) is 0 Å². The van der Waals surface area contributed by atoms with E-state index in [-0.39, 0.29) is 16.7 Å². The molecule has 0 radical (unpaired) electrons. The van der Waals surface area contributed by atoms with E-state index < -0.39 is 36.4 Å². The fourth-order valence-electron chi connectivity index (χ4n) is 1.77. The van der Waals surface area contributed by atoms with Crippen molar-refractivity contribution >= 4 is 23.9 Å². The minimum absolute atomic E-state index is 0.0353. The van der Waals surface area contributed by atoms with Crippen molar-refractivity contribution in [1.82, 2.24) is 0 Å². The summed E-state index contributed by atoms with van der Waals surface area (Å²) < 4.78 is 0. The number of carboxylic acids is 4. The zero-order valence-electron chi connectivity index (χ0n) is 15.5. The van der Waals surface area contributed by atoms with Gasteiger partial charge in [0.05, 0.1) is 0 Å². The number of aliphatic hydroxyl groups excluding tert-OH is 1. The van der Waals surface area contributed by atoms with Crippen molar-refractivity contribution in [2.75, 3.05) is 6.61 Å². The molecule has 0 aliphatic rings. The second-order valence-corrected chi connectivity index (χ2v) is 5.52. The van der Waals surface area contributed by atoms with Crippen molar-refractivity contribution in [2.24, 2.45) is 5.92 Å². The molecule has 0 bridgehead atoms. The molecule has 5 N–H and O–H groups in total. The number of carbonyl (C=O) groups is 4. The number of aliphatic hydroxyl groups is 1. The molecule has 0 fully saturated rings. The van der Waals surface area contributed by atoms with Gasteiger partial charge < -0.3 is 25.5 Å². The van der Waals surface area contributed by atoms with Crippen LogP contribution in [0.15, 0.2) is 34.9 Å². The SMILES string of the molecule is CCCCC(=CC=C(C(=O)O)C(C)C=C(C)C(=O)O)C(=O)O.O=C(O)CO. The molecule has 0 heterocycles. The summed E-state index contributed by atoms with van der Waals surface area (Å²) in [5.41, 5.74) is 0.107. The Morgan fingerprint density at radius 2 is 1.44 bits per heavy atom. The Balaban J connectivity index is 0. The van der Waals surface area contributed by atoms with Crippen LogP contribution in [0.5, 0.6) is 0 Å². The third-order valence-corrected chi connectivity index (χ3v) is 3.25. The zero-order valence-corrected chi connectivity index (χ0v) is 15.5. The van der Waals surface area contributed by atoms with Gasteiger partial charge in [-0.2, -0.15) is 0 Å². The lowest BCUT2D eigenvalue weighted by Crippen LogP contribution is -2.10. The largest absolute Gasteiger partial charge is 0.480 e. The monoisotopic (exact) mass is 386 g/mol. The van der Waals surface area contributed by atoms with Crippen LogP contribution in [-0.4, -0.2) is 56.0 Å². The van der Waals surface area contributed by atoms with E-state index in [4.69, 9.17) is 25.2 Å². The number of unbranched alkanes of at least 4 members (excludes halogenated alkanes) is 1. The van der Waals surface area contributed by atoms with E-state index >= 15 is 0 Å². The van der Waals surface area contributed by atoms with E-state index in [1.807, 2.05) is 6.92 Å². The van der Waals surface area contributed by atoms with Crippen molar-refractivity contribution in [3.8, 4) is 0 Å². The molecule has 0 amide bonds. The standard InChI is InChI=1S/C16H22O6.C2H4O3/c1-4-5-6-12(15(19)20)7-8-13(16(21)22)10(2)9-11(3)14(17)18;3-1-2(4)5/h7-10H,4-6H2,1-3H3,(H,17,18)(H,19,20)(H,21,22);3H,1H2,(H,4,5). The Kier molecular flexibility index (Phi) is 13.9. The molecule has 0 rings (SSSR count). The lowest BCUT2D eigenvalue weighted by molar-refractivity contribution is -0.140. The van der Waals surface area contributed by atoms with Gasteiger partial charge >= 0.3 is 23.9 Å². The predicted octanol–water partition coefficient (Wildman–Crippen LogP) is 1.93. The van der Waals surface area contributed by atoms with E-state index in [2.05, 4.69) is 0 Å². The van der Waals surface area contributed by atoms with Gasteiger partial charge in [-0.05, 0) is 19.8 Å². The highest BCUT2D eigenvalue weighted by Crippen LogP contribution is 2.17. The van der Waals surface area contributed by atoms with Crippen LogP contribution in [0.1, 0.15) is 40.0 Å². The Bertz CT molecular complexity index is 627. The van der Waals surface area contributed by atoms with Crippen molar-refractivity contribution in [3.63, 3.8) is 0 Å². The zero-order chi connectivity index (χ0) is 21.6.